The number of hydrogen-bond donors (Lipinski definition) is 2. The summed E-state index contributed by atoms with van der Waals surface area (Å²) in [6.45, 7) is 8.74. The van der Waals surface area contributed by atoms with Crippen molar-refractivity contribution in [3.05, 3.63) is 47.5 Å². The van der Waals surface area contributed by atoms with Crippen LogP contribution in [0.5, 0.6) is 17.2 Å². The Morgan fingerprint density at radius 1 is 0.929 bits per heavy atom. The molecule has 0 heterocycles. The largest absolute Gasteiger partial charge is 0.490 e. The van der Waals surface area contributed by atoms with Crippen molar-refractivity contribution in [2.24, 2.45) is 5.10 Å². The van der Waals surface area contributed by atoms with Gasteiger partial charge < -0.3 is 19.9 Å². The van der Waals surface area contributed by atoms with Crippen molar-refractivity contribution in [3.63, 3.8) is 0 Å². The third kappa shape index (κ3) is 5.39. The number of nitrogen functional groups attached to an aromatic ring is 1. The van der Waals surface area contributed by atoms with Crippen molar-refractivity contribution in [1.29, 1.82) is 0 Å². The van der Waals surface area contributed by atoms with Gasteiger partial charge >= 0.3 is 0 Å². The smallest absolute Gasteiger partial charge is 0.271 e. The lowest BCUT2D eigenvalue weighted by Gasteiger charge is -2.16. The summed E-state index contributed by atoms with van der Waals surface area (Å²) in [6.07, 6.45) is 0. The van der Waals surface area contributed by atoms with Crippen LogP contribution in [-0.4, -0.2) is 31.4 Å². The van der Waals surface area contributed by atoms with Crippen molar-refractivity contribution in [2.75, 3.05) is 25.6 Å². The quantitative estimate of drug-likeness (QED) is 0.390. The van der Waals surface area contributed by atoms with Crippen molar-refractivity contribution in [3.8, 4) is 17.2 Å². The van der Waals surface area contributed by atoms with Crippen LogP contribution in [0.1, 0.15) is 43.6 Å². The van der Waals surface area contributed by atoms with Crippen LogP contribution >= 0.6 is 0 Å². The number of hydrazone groups is 1. The SMILES string of the molecule is CCOc1cc(C(=O)N/N=C(\C)c2ccc(N)cc2)cc(OCC)c1OCC. The molecule has 0 aliphatic carbocycles. The maximum absolute atomic E-state index is 12.6. The molecule has 0 aliphatic rings. The van der Waals surface area contributed by atoms with Gasteiger partial charge in [0.25, 0.3) is 5.91 Å². The Morgan fingerprint density at radius 3 is 1.96 bits per heavy atom. The normalized spacial score (nSPS) is 11.1. The van der Waals surface area contributed by atoms with Gasteiger partial charge in [-0.05, 0) is 57.5 Å². The van der Waals surface area contributed by atoms with Crippen LogP contribution in [0.25, 0.3) is 0 Å². The Kier molecular flexibility index (Phi) is 7.68. The third-order valence-electron chi connectivity index (χ3n) is 3.82. The molecule has 0 unspecified atom stereocenters. The van der Waals surface area contributed by atoms with E-state index in [1.807, 2.05) is 32.9 Å². The number of ether oxygens (including phenoxy) is 3. The van der Waals surface area contributed by atoms with Gasteiger partial charge in [-0.15, -0.1) is 0 Å². The van der Waals surface area contributed by atoms with E-state index in [1.165, 1.54) is 0 Å². The predicted octanol–water partition coefficient (Wildman–Crippen LogP) is 3.62. The lowest BCUT2D eigenvalue weighted by molar-refractivity contribution is 0.0953. The first-order valence-electron chi connectivity index (χ1n) is 9.27. The summed E-state index contributed by atoms with van der Waals surface area (Å²) in [7, 11) is 0. The number of carbonyl (C=O) groups excluding carboxylic acids is 1. The number of carbonyl (C=O) groups is 1. The number of rotatable bonds is 9. The van der Waals surface area contributed by atoms with Gasteiger partial charge in [0.15, 0.2) is 11.5 Å². The van der Waals surface area contributed by atoms with E-state index in [1.54, 1.807) is 31.2 Å². The molecule has 7 nitrogen and oxygen atoms in total. The molecule has 3 N–H and O–H groups in total. The van der Waals surface area contributed by atoms with Crippen LogP contribution in [0.15, 0.2) is 41.5 Å². The molecule has 2 aromatic carbocycles. The van der Waals surface area contributed by atoms with Crippen molar-refractivity contribution in [1.82, 2.24) is 5.43 Å². The van der Waals surface area contributed by atoms with E-state index in [0.717, 1.165) is 5.56 Å². The van der Waals surface area contributed by atoms with E-state index in [0.29, 0.717) is 54.0 Å². The molecule has 0 aromatic heterocycles. The highest BCUT2D eigenvalue weighted by Crippen LogP contribution is 2.39. The second-order valence-corrected chi connectivity index (χ2v) is 5.86. The van der Waals surface area contributed by atoms with Gasteiger partial charge in [-0.2, -0.15) is 5.10 Å². The first-order valence-corrected chi connectivity index (χ1v) is 9.27. The fourth-order valence-electron chi connectivity index (χ4n) is 2.51. The summed E-state index contributed by atoms with van der Waals surface area (Å²) in [5, 5.41) is 4.17. The molecule has 0 saturated carbocycles. The number of nitrogens with zero attached hydrogens (tertiary/aromatic N) is 1. The van der Waals surface area contributed by atoms with E-state index in [-0.39, 0.29) is 5.91 Å². The Labute approximate surface area is 165 Å². The van der Waals surface area contributed by atoms with E-state index in [9.17, 15) is 4.79 Å². The zero-order chi connectivity index (χ0) is 20.5. The Bertz CT molecular complexity index is 805. The molecule has 0 fully saturated rings. The minimum absolute atomic E-state index is 0.365. The van der Waals surface area contributed by atoms with Gasteiger partial charge in [0.2, 0.25) is 5.75 Å². The van der Waals surface area contributed by atoms with Crippen molar-refractivity contribution >= 4 is 17.3 Å². The second-order valence-electron chi connectivity index (χ2n) is 5.86. The van der Waals surface area contributed by atoms with Crippen LogP contribution in [0.4, 0.5) is 5.69 Å². The van der Waals surface area contributed by atoms with Gasteiger partial charge in [-0.25, -0.2) is 5.43 Å². The predicted molar refractivity (Wildman–Crippen MR) is 110 cm³/mol. The zero-order valence-corrected chi connectivity index (χ0v) is 16.7. The maximum atomic E-state index is 12.6. The molecule has 2 rings (SSSR count). The average Bonchev–Trinajstić information content (AvgIpc) is 2.69. The molecule has 7 heteroatoms. The number of anilines is 1. The third-order valence-corrected chi connectivity index (χ3v) is 3.82. The molecule has 150 valence electrons. The van der Waals surface area contributed by atoms with Gasteiger partial charge in [0, 0.05) is 11.3 Å². The minimum atomic E-state index is -0.375. The van der Waals surface area contributed by atoms with E-state index in [2.05, 4.69) is 10.5 Å². The molecule has 0 atom stereocenters. The fraction of sp³-hybridized carbons (Fsp3) is 0.333. The molecule has 0 aliphatic heterocycles. The van der Waals surface area contributed by atoms with E-state index < -0.39 is 0 Å². The van der Waals surface area contributed by atoms with Crippen LogP contribution in [0.2, 0.25) is 0 Å². The lowest BCUT2D eigenvalue weighted by Crippen LogP contribution is -2.20. The molecule has 1 amide bonds. The van der Waals surface area contributed by atoms with Gasteiger partial charge in [-0.1, -0.05) is 12.1 Å². The number of benzene rings is 2. The minimum Gasteiger partial charge on any atom is -0.490 e. The van der Waals surface area contributed by atoms with Gasteiger partial charge in [0.1, 0.15) is 0 Å². The highest BCUT2D eigenvalue weighted by atomic mass is 16.5. The summed E-state index contributed by atoms with van der Waals surface area (Å²) in [5.41, 5.74) is 10.8. The van der Waals surface area contributed by atoms with E-state index >= 15 is 0 Å². The van der Waals surface area contributed by atoms with E-state index in [4.69, 9.17) is 19.9 Å². The molecule has 0 saturated heterocycles. The second kappa shape index (κ2) is 10.2. The first kappa shape index (κ1) is 21.1. The number of amides is 1. The molecular weight excluding hydrogens is 358 g/mol. The number of nitrogens with two attached hydrogens (primary N) is 1. The van der Waals surface area contributed by atoms with Gasteiger partial charge in [0.05, 0.1) is 25.5 Å². The topological polar surface area (TPSA) is 95.2 Å². The van der Waals surface area contributed by atoms with Crippen LogP contribution in [0, 0.1) is 0 Å². The Morgan fingerprint density at radius 2 is 1.46 bits per heavy atom. The maximum Gasteiger partial charge on any atom is 0.271 e. The molecular formula is C21H27N3O4. The van der Waals surface area contributed by atoms with Crippen LogP contribution < -0.4 is 25.4 Å². The van der Waals surface area contributed by atoms with Crippen LogP contribution in [0.3, 0.4) is 0 Å². The molecule has 2 aromatic rings. The average molecular weight is 385 g/mol. The molecule has 0 radical (unpaired) electrons. The first-order chi connectivity index (χ1) is 13.5. The number of nitrogens with one attached hydrogen (secondary N) is 1. The van der Waals surface area contributed by atoms with Crippen molar-refractivity contribution < 1.29 is 19.0 Å². The molecule has 28 heavy (non-hydrogen) atoms. The monoisotopic (exact) mass is 385 g/mol. The van der Waals surface area contributed by atoms with Crippen LogP contribution in [-0.2, 0) is 0 Å². The highest BCUT2D eigenvalue weighted by molar-refractivity contribution is 6.01. The molecule has 0 bridgehead atoms. The lowest BCUT2D eigenvalue weighted by atomic mass is 10.1. The highest BCUT2D eigenvalue weighted by Gasteiger charge is 2.18. The summed E-state index contributed by atoms with van der Waals surface area (Å²) >= 11 is 0. The zero-order valence-electron chi connectivity index (χ0n) is 16.7. The standard InChI is InChI=1S/C21H27N3O4/c1-5-26-18-12-16(13-19(27-6-2)20(18)28-7-3)21(25)24-23-14(4)15-8-10-17(22)11-9-15/h8-13H,5-7,22H2,1-4H3,(H,24,25)/b23-14+. The summed E-state index contributed by atoms with van der Waals surface area (Å²) in [4.78, 5) is 12.6. The Hall–Kier alpha value is -3.22. The Balaban J connectivity index is 2.28. The van der Waals surface area contributed by atoms with Crippen molar-refractivity contribution in [2.45, 2.75) is 27.7 Å². The fourth-order valence-corrected chi connectivity index (χ4v) is 2.51. The summed E-state index contributed by atoms with van der Waals surface area (Å²) in [6, 6.07) is 10.5. The summed E-state index contributed by atoms with van der Waals surface area (Å²) in [5.74, 6) is 1.03. The van der Waals surface area contributed by atoms with Gasteiger partial charge in [-0.3, -0.25) is 4.79 Å². The number of hydrogen-bond acceptors (Lipinski definition) is 6. The summed E-state index contributed by atoms with van der Waals surface area (Å²) < 4.78 is 16.9. The molecule has 0 spiro atoms.